The number of methoxy groups -OCH3 is 2. The van der Waals surface area contributed by atoms with Gasteiger partial charge in [0.05, 0.1) is 20.1 Å². The molecule has 1 aliphatic heterocycles. The van der Waals surface area contributed by atoms with Crippen LogP contribution >= 0.6 is 0 Å². The molecular weight excluding hydrogens is 360 g/mol. The van der Waals surface area contributed by atoms with Gasteiger partial charge in [-0.25, -0.2) is 0 Å². The maximum atomic E-state index is 12.5. The lowest BCUT2D eigenvalue weighted by atomic mass is 10.1. The Hall–Kier alpha value is -3.42. The van der Waals surface area contributed by atoms with Crippen LogP contribution in [0.1, 0.15) is 23.8 Å². The summed E-state index contributed by atoms with van der Waals surface area (Å²) >= 11 is 0. The molecule has 0 radical (unpaired) electrons. The first-order valence-corrected chi connectivity index (χ1v) is 8.90. The minimum Gasteiger partial charge on any atom is -0.497 e. The summed E-state index contributed by atoms with van der Waals surface area (Å²) in [6.45, 7) is 0.967. The number of rotatable bonds is 6. The predicted molar refractivity (Wildman–Crippen MR) is 99.9 cm³/mol. The third kappa shape index (κ3) is 3.53. The second-order valence-electron chi connectivity index (χ2n) is 6.55. The minimum atomic E-state index is -0.130. The second-order valence-corrected chi connectivity index (χ2v) is 6.55. The van der Waals surface area contributed by atoms with Gasteiger partial charge in [0, 0.05) is 49.1 Å². The highest BCUT2D eigenvalue weighted by atomic mass is 16.5. The molecule has 0 bridgehead atoms. The lowest BCUT2D eigenvalue weighted by Crippen LogP contribution is -2.24. The van der Waals surface area contributed by atoms with Crippen LogP contribution in [0.3, 0.4) is 0 Å². The largest absolute Gasteiger partial charge is 0.497 e. The molecule has 1 unspecified atom stereocenters. The van der Waals surface area contributed by atoms with E-state index in [1.165, 1.54) is 0 Å². The molecule has 0 aliphatic carbocycles. The van der Waals surface area contributed by atoms with E-state index >= 15 is 0 Å². The van der Waals surface area contributed by atoms with Crippen LogP contribution in [0.5, 0.6) is 11.5 Å². The van der Waals surface area contributed by atoms with Gasteiger partial charge in [-0.15, -0.1) is 0 Å². The van der Waals surface area contributed by atoms with E-state index in [4.69, 9.17) is 14.0 Å². The van der Waals surface area contributed by atoms with Crippen LogP contribution in [-0.2, 0) is 11.3 Å². The molecule has 28 heavy (non-hydrogen) atoms. The third-order valence-electron chi connectivity index (χ3n) is 4.78. The van der Waals surface area contributed by atoms with Gasteiger partial charge in [0.15, 0.2) is 0 Å². The topological polar surface area (TPSA) is 90.6 Å². The van der Waals surface area contributed by atoms with Crippen molar-refractivity contribution in [2.75, 3.05) is 20.8 Å². The van der Waals surface area contributed by atoms with E-state index in [1.807, 2.05) is 30.3 Å². The number of benzene rings is 1. The van der Waals surface area contributed by atoms with Crippen LogP contribution < -0.4 is 9.47 Å². The van der Waals surface area contributed by atoms with Gasteiger partial charge >= 0.3 is 0 Å². The number of pyridine rings is 1. The van der Waals surface area contributed by atoms with E-state index in [1.54, 1.807) is 31.5 Å². The van der Waals surface area contributed by atoms with Gasteiger partial charge in [0.2, 0.25) is 17.6 Å². The van der Waals surface area contributed by atoms with Gasteiger partial charge in [-0.1, -0.05) is 5.16 Å². The molecule has 144 valence electrons. The molecule has 2 aromatic heterocycles. The number of aromatic nitrogens is 3. The Balaban J connectivity index is 1.48. The van der Waals surface area contributed by atoms with Crippen molar-refractivity contribution < 1.29 is 18.8 Å². The summed E-state index contributed by atoms with van der Waals surface area (Å²) < 4.78 is 16.1. The molecule has 4 rings (SSSR count). The first-order chi connectivity index (χ1) is 13.7. The van der Waals surface area contributed by atoms with Gasteiger partial charge in [-0.3, -0.25) is 9.78 Å². The fraction of sp³-hybridized carbons (Fsp3) is 0.300. The van der Waals surface area contributed by atoms with Crippen molar-refractivity contribution in [1.29, 1.82) is 0 Å². The van der Waals surface area contributed by atoms with Crippen LogP contribution in [-0.4, -0.2) is 46.7 Å². The molecule has 1 saturated heterocycles. The third-order valence-corrected chi connectivity index (χ3v) is 4.78. The van der Waals surface area contributed by atoms with Gasteiger partial charge < -0.3 is 18.9 Å². The zero-order valence-electron chi connectivity index (χ0n) is 15.7. The number of amides is 1. The number of carbonyl (C=O) groups is 1. The molecule has 1 atom stereocenters. The summed E-state index contributed by atoms with van der Waals surface area (Å²) in [5.41, 5.74) is 1.69. The molecule has 0 spiro atoms. The quantitative estimate of drug-likeness (QED) is 0.649. The number of carbonyl (C=O) groups excluding carboxylic acids is 1. The summed E-state index contributed by atoms with van der Waals surface area (Å²) in [6.07, 6.45) is 3.70. The monoisotopic (exact) mass is 380 g/mol. The van der Waals surface area contributed by atoms with Gasteiger partial charge in [0.25, 0.3) is 0 Å². The highest BCUT2D eigenvalue weighted by Gasteiger charge is 2.34. The molecule has 1 amide bonds. The Bertz CT molecular complexity index is 973. The molecule has 3 aromatic rings. The predicted octanol–water partition coefficient (Wildman–Crippen LogP) is 2.66. The van der Waals surface area contributed by atoms with E-state index in [0.717, 1.165) is 11.1 Å². The van der Waals surface area contributed by atoms with E-state index in [9.17, 15) is 4.79 Å². The molecule has 1 aromatic carbocycles. The Morgan fingerprint density at radius 1 is 1.25 bits per heavy atom. The first kappa shape index (κ1) is 18.0. The maximum Gasteiger partial charge on any atom is 0.232 e. The smallest absolute Gasteiger partial charge is 0.232 e. The lowest BCUT2D eigenvalue weighted by Gasteiger charge is -2.18. The van der Waals surface area contributed by atoms with Crippen molar-refractivity contribution in [2.45, 2.75) is 18.9 Å². The fourth-order valence-electron chi connectivity index (χ4n) is 3.29. The first-order valence-electron chi connectivity index (χ1n) is 8.90. The minimum absolute atomic E-state index is 0.0454. The van der Waals surface area contributed by atoms with Gasteiger partial charge in [0.1, 0.15) is 11.5 Å². The Labute approximate surface area is 162 Å². The van der Waals surface area contributed by atoms with E-state index in [2.05, 4.69) is 15.1 Å². The van der Waals surface area contributed by atoms with Crippen molar-refractivity contribution in [1.82, 2.24) is 20.0 Å². The average Bonchev–Trinajstić information content (AvgIpc) is 3.36. The van der Waals surface area contributed by atoms with Crippen LogP contribution in [0.2, 0.25) is 0 Å². The SMILES string of the molecule is COc1ccc(CN2CC(c3nc(-c4cccnc4)no3)CC2=O)c(OC)c1. The van der Waals surface area contributed by atoms with Crippen LogP contribution in [0.4, 0.5) is 0 Å². The van der Waals surface area contributed by atoms with Crippen molar-refractivity contribution in [3.63, 3.8) is 0 Å². The molecule has 1 fully saturated rings. The van der Waals surface area contributed by atoms with Crippen molar-refractivity contribution in [2.24, 2.45) is 0 Å². The molecular formula is C20H20N4O4. The molecule has 8 heteroatoms. The second kappa shape index (κ2) is 7.67. The van der Waals surface area contributed by atoms with Crippen molar-refractivity contribution >= 4 is 5.91 Å². The molecule has 1 aliphatic rings. The standard InChI is InChI=1S/C20H20N4O4/c1-26-16-6-5-14(17(9-16)27-2)11-24-12-15(8-18(24)25)20-22-19(23-28-20)13-4-3-7-21-10-13/h3-7,9-10,15H,8,11-12H2,1-2H3. The molecule has 3 heterocycles. The Kier molecular flexibility index (Phi) is 4.92. The average molecular weight is 380 g/mol. The number of likely N-dealkylation sites (tertiary alicyclic amines) is 1. The van der Waals surface area contributed by atoms with E-state index in [-0.39, 0.29) is 11.8 Å². The normalized spacial score (nSPS) is 16.4. The van der Waals surface area contributed by atoms with E-state index in [0.29, 0.717) is 42.7 Å². The number of hydrogen-bond donors (Lipinski definition) is 0. The summed E-state index contributed by atoms with van der Waals surface area (Å²) in [6, 6.07) is 9.25. The van der Waals surface area contributed by atoms with Crippen LogP contribution in [0, 0.1) is 0 Å². The Morgan fingerprint density at radius 3 is 2.89 bits per heavy atom. The number of ether oxygens (including phenoxy) is 2. The summed E-state index contributed by atoms with van der Waals surface area (Å²) in [5, 5.41) is 4.02. The molecule has 8 nitrogen and oxygen atoms in total. The zero-order chi connectivity index (χ0) is 19.5. The summed E-state index contributed by atoms with van der Waals surface area (Å²) in [5.74, 6) is 2.26. The Morgan fingerprint density at radius 2 is 2.14 bits per heavy atom. The number of hydrogen-bond acceptors (Lipinski definition) is 7. The number of nitrogens with zero attached hydrogens (tertiary/aromatic N) is 4. The van der Waals surface area contributed by atoms with Gasteiger partial charge in [-0.05, 0) is 24.3 Å². The summed E-state index contributed by atoms with van der Waals surface area (Å²) in [4.78, 5) is 22.8. The van der Waals surface area contributed by atoms with Gasteiger partial charge in [-0.2, -0.15) is 4.98 Å². The highest BCUT2D eigenvalue weighted by molar-refractivity contribution is 5.79. The van der Waals surface area contributed by atoms with Crippen LogP contribution in [0.25, 0.3) is 11.4 Å². The zero-order valence-corrected chi connectivity index (χ0v) is 15.7. The molecule has 0 saturated carbocycles. The highest BCUT2D eigenvalue weighted by Crippen LogP contribution is 2.32. The van der Waals surface area contributed by atoms with Crippen molar-refractivity contribution in [3.05, 3.63) is 54.2 Å². The molecule has 0 N–H and O–H groups in total. The lowest BCUT2D eigenvalue weighted by molar-refractivity contribution is -0.128. The van der Waals surface area contributed by atoms with Crippen LogP contribution in [0.15, 0.2) is 47.2 Å². The summed E-state index contributed by atoms with van der Waals surface area (Å²) in [7, 11) is 3.21. The maximum absolute atomic E-state index is 12.5. The fourth-order valence-corrected chi connectivity index (χ4v) is 3.29. The van der Waals surface area contributed by atoms with Crippen molar-refractivity contribution in [3.8, 4) is 22.9 Å². The van der Waals surface area contributed by atoms with E-state index < -0.39 is 0 Å².